The Morgan fingerprint density at radius 3 is 3.11 bits per heavy atom. The van der Waals surface area contributed by atoms with Crippen molar-refractivity contribution >= 4 is 17.6 Å². The second kappa shape index (κ2) is 2.73. The van der Waals surface area contributed by atoms with Gasteiger partial charge in [0.1, 0.15) is 6.29 Å². The maximum atomic E-state index is 9.95. The summed E-state index contributed by atoms with van der Waals surface area (Å²) < 4.78 is 0. The minimum atomic E-state index is 0.457. The molecule has 0 N–H and O–H groups in total. The molecule has 1 aromatic rings. The zero-order valence-corrected chi connectivity index (χ0v) is 5.94. The lowest BCUT2D eigenvalue weighted by molar-refractivity contribution is -0.107. The normalized spacial score (nSPS) is 9.44. The third kappa shape index (κ3) is 1.61. The van der Waals surface area contributed by atoms with E-state index in [0.29, 0.717) is 6.42 Å². The summed E-state index contributed by atoms with van der Waals surface area (Å²) in [5.74, 6) is 0. The van der Waals surface area contributed by atoms with Crippen LogP contribution in [0.15, 0.2) is 6.20 Å². The van der Waals surface area contributed by atoms with Crippen molar-refractivity contribution in [2.45, 2.75) is 13.3 Å². The Morgan fingerprint density at radius 2 is 2.67 bits per heavy atom. The molecule has 48 valence electrons. The van der Waals surface area contributed by atoms with Crippen molar-refractivity contribution in [3.8, 4) is 0 Å². The summed E-state index contributed by atoms with van der Waals surface area (Å²) in [6.07, 6.45) is 3.11. The molecule has 0 atom stereocenters. The number of thiazole rings is 1. The van der Waals surface area contributed by atoms with E-state index in [1.54, 1.807) is 17.5 Å². The molecule has 3 heteroatoms. The minimum Gasteiger partial charge on any atom is -0.303 e. The molecule has 0 saturated carbocycles. The van der Waals surface area contributed by atoms with Crippen LogP contribution in [0.2, 0.25) is 0 Å². The summed E-state index contributed by atoms with van der Waals surface area (Å²) >= 11 is 1.57. The molecule has 0 bridgehead atoms. The zero-order chi connectivity index (χ0) is 6.69. The van der Waals surface area contributed by atoms with Gasteiger partial charge in [-0.15, -0.1) is 11.3 Å². The SMILES string of the molecule is Cc1cnc(CC=O)s1. The Bertz CT molecular complexity index is 207. The van der Waals surface area contributed by atoms with Gasteiger partial charge >= 0.3 is 0 Å². The molecule has 0 aliphatic heterocycles. The lowest BCUT2D eigenvalue weighted by Crippen LogP contribution is -1.80. The molecule has 9 heavy (non-hydrogen) atoms. The van der Waals surface area contributed by atoms with E-state index in [-0.39, 0.29) is 0 Å². The van der Waals surface area contributed by atoms with Gasteiger partial charge in [0.25, 0.3) is 0 Å². The summed E-state index contributed by atoms with van der Waals surface area (Å²) in [7, 11) is 0. The standard InChI is InChI=1S/C6H7NOS/c1-5-4-7-6(9-5)2-3-8/h3-4H,2H2,1H3. The molecule has 0 saturated heterocycles. The van der Waals surface area contributed by atoms with E-state index in [1.165, 1.54) is 0 Å². The molecule has 0 fully saturated rings. The average molecular weight is 141 g/mol. The number of aromatic nitrogens is 1. The van der Waals surface area contributed by atoms with E-state index in [1.807, 2.05) is 6.92 Å². The molecule has 0 aliphatic carbocycles. The third-order valence-electron chi connectivity index (χ3n) is 0.927. The molecule has 0 unspecified atom stereocenters. The topological polar surface area (TPSA) is 30.0 Å². The largest absolute Gasteiger partial charge is 0.303 e. The first kappa shape index (κ1) is 6.42. The van der Waals surface area contributed by atoms with E-state index < -0.39 is 0 Å². The van der Waals surface area contributed by atoms with E-state index >= 15 is 0 Å². The predicted molar refractivity (Wildman–Crippen MR) is 36.6 cm³/mol. The van der Waals surface area contributed by atoms with Crippen molar-refractivity contribution in [2.24, 2.45) is 0 Å². The number of aldehydes is 1. The summed E-state index contributed by atoms with van der Waals surface area (Å²) in [6.45, 7) is 1.98. The highest BCUT2D eigenvalue weighted by molar-refractivity contribution is 7.11. The summed E-state index contributed by atoms with van der Waals surface area (Å²) in [6, 6.07) is 0. The van der Waals surface area contributed by atoms with E-state index in [0.717, 1.165) is 16.2 Å². The first-order valence-electron chi connectivity index (χ1n) is 2.68. The lowest BCUT2D eigenvalue weighted by Gasteiger charge is -1.78. The Hall–Kier alpha value is -0.700. The number of nitrogens with zero attached hydrogens (tertiary/aromatic N) is 1. The number of hydrogen-bond acceptors (Lipinski definition) is 3. The van der Waals surface area contributed by atoms with Crippen LogP contribution in [0, 0.1) is 6.92 Å². The molecule has 0 aromatic carbocycles. The third-order valence-corrected chi connectivity index (χ3v) is 1.86. The van der Waals surface area contributed by atoms with Crippen molar-refractivity contribution in [1.29, 1.82) is 0 Å². The molecular formula is C6H7NOS. The number of rotatable bonds is 2. The average Bonchev–Trinajstić information content (AvgIpc) is 2.17. The monoisotopic (exact) mass is 141 g/mol. The van der Waals surface area contributed by atoms with Gasteiger partial charge in [-0.3, -0.25) is 0 Å². The van der Waals surface area contributed by atoms with Gasteiger partial charge in [-0.25, -0.2) is 4.98 Å². The van der Waals surface area contributed by atoms with Crippen LogP contribution in [0.3, 0.4) is 0 Å². The Kier molecular flexibility index (Phi) is 1.95. The van der Waals surface area contributed by atoms with Gasteiger partial charge in [0.15, 0.2) is 0 Å². The van der Waals surface area contributed by atoms with Crippen LogP contribution in [-0.2, 0) is 11.2 Å². The molecule has 0 amide bonds. The van der Waals surface area contributed by atoms with E-state index in [2.05, 4.69) is 4.98 Å². The Balaban J connectivity index is 2.72. The number of hydrogen-bond donors (Lipinski definition) is 0. The number of aryl methyl sites for hydroxylation is 1. The maximum Gasteiger partial charge on any atom is 0.126 e. The van der Waals surface area contributed by atoms with Gasteiger partial charge in [-0.2, -0.15) is 0 Å². The highest BCUT2D eigenvalue weighted by Gasteiger charge is 1.94. The maximum absolute atomic E-state index is 9.95. The van der Waals surface area contributed by atoms with Crippen LogP contribution in [0.1, 0.15) is 9.88 Å². The van der Waals surface area contributed by atoms with Gasteiger partial charge in [-0.1, -0.05) is 0 Å². The van der Waals surface area contributed by atoms with Crippen LogP contribution in [-0.4, -0.2) is 11.3 Å². The van der Waals surface area contributed by atoms with Crippen molar-refractivity contribution in [3.05, 3.63) is 16.1 Å². The molecule has 0 radical (unpaired) electrons. The second-order valence-corrected chi connectivity index (χ2v) is 3.05. The number of carbonyl (C=O) groups excluding carboxylic acids is 1. The van der Waals surface area contributed by atoms with Crippen LogP contribution in [0.4, 0.5) is 0 Å². The lowest BCUT2D eigenvalue weighted by atomic mass is 10.5. The van der Waals surface area contributed by atoms with Gasteiger partial charge in [0, 0.05) is 11.1 Å². The molecule has 1 aromatic heterocycles. The second-order valence-electron chi connectivity index (χ2n) is 1.74. The summed E-state index contributed by atoms with van der Waals surface area (Å²) in [5, 5.41) is 0.905. The summed E-state index contributed by atoms with van der Waals surface area (Å²) in [4.78, 5) is 15.1. The van der Waals surface area contributed by atoms with Crippen molar-refractivity contribution < 1.29 is 4.79 Å². The van der Waals surface area contributed by atoms with Crippen LogP contribution in [0.25, 0.3) is 0 Å². The zero-order valence-electron chi connectivity index (χ0n) is 5.13. The molecule has 1 heterocycles. The first-order chi connectivity index (χ1) is 4.33. The van der Waals surface area contributed by atoms with Crippen molar-refractivity contribution in [2.75, 3.05) is 0 Å². The Labute approximate surface area is 57.5 Å². The van der Waals surface area contributed by atoms with Crippen LogP contribution >= 0.6 is 11.3 Å². The fraction of sp³-hybridized carbons (Fsp3) is 0.333. The minimum absolute atomic E-state index is 0.457. The van der Waals surface area contributed by atoms with Gasteiger partial charge in [0.05, 0.1) is 11.4 Å². The van der Waals surface area contributed by atoms with Crippen molar-refractivity contribution in [1.82, 2.24) is 4.98 Å². The van der Waals surface area contributed by atoms with Gasteiger partial charge in [0.2, 0.25) is 0 Å². The van der Waals surface area contributed by atoms with Crippen molar-refractivity contribution in [3.63, 3.8) is 0 Å². The summed E-state index contributed by atoms with van der Waals surface area (Å²) in [5.41, 5.74) is 0. The highest BCUT2D eigenvalue weighted by atomic mass is 32.1. The molecule has 0 aliphatic rings. The molecular weight excluding hydrogens is 134 g/mol. The van der Waals surface area contributed by atoms with E-state index in [4.69, 9.17) is 0 Å². The predicted octanol–water partition coefficient (Wildman–Crippen LogP) is 1.19. The smallest absolute Gasteiger partial charge is 0.126 e. The molecule has 2 nitrogen and oxygen atoms in total. The highest BCUT2D eigenvalue weighted by Crippen LogP contribution is 2.09. The van der Waals surface area contributed by atoms with Gasteiger partial charge in [-0.05, 0) is 6.92 Å². The quantitative estimate of drug-likeness (QED) is 0.579. The number of carbonyl (C=O) groups is 1. The fourth-order valence-corrected chi connectivity index (χ4v) is 1.30. The molecule has 0 spiro atoms. The van der Waals surface area contributed by atoms with Crippen LogP contribution < -0.4 is 0 Å². The van der Waals surface area contributed by atoms with Gasteiger partial charge < -0.3 is 4.79 Å². The van der Waals surface area contributed by atoms with Crippen LogP contribution in [0.5, 0.6) is 0 Å². The fourth-order valence-electron chi connectivity index (χ4n) is 0.567. The Morgan fingerprint density at radius 1 is 1.89 bits per heavy atom. The first-order valence-corrected chi connectivity index (χ1v) is 3.49. The molecule has 1 rings (SSSR count). The van der Waals surface area contributed by atoms with E-state index in [9.17, 15) is 4.79 Å².